The predicted molar refractivity (Wildman–Crippen MR) is 135 cm³/mol. The summed E-state index contributed by atoms with van der Waals surface area (Å²) >= 11 is 0. The molecule has 2 fully saturated rings. The van der Waals surface area contributed by atoms with Crippen LogP contribution in [0, 0.1) is 11.8 Å². The fourth-order valence-electron chi connectivity index (χ4n) is 4.94. The summed E-state index contributed by atoms with van der Waals surface area (Å²) in [6.45, 7) is 1.65. The van der Waals surface area contributed by atoms with Crippen molar-refractivity contribution >= 4 is 23.5 Å². The quantitative estimate of drug-likeness (QED) is 0.477. The highest BCUT2D eigenvalue weighted by atomic mass is 19.4. The average Bonchev–Trinajstić information content (AvgIpc) is 3.33. The van der Waals surface area contributed by atoms with E-state index < -0.39 is 12.1 Å². The molecule has 0 unspecified atom stereocenters. The summed E-state index contributed by atoms with van der Waals surface area (Å²) in [4.78, 5) is 36.5. The highest BCUT2D eigenvalue weighted by molar-refractivity contribution is 6.03. The minimum absolute atomic E-state index is 0.0230. The molecule has 202 valence electrons. The van der Waals surface area contributed by atoms with E-state index in [9.17, 15) is 22.8 Å². The fraction of sp³-hybridized carbons (Fsp3) is 0.393. The van der Waals surface area contributed by atoms with Crippen LogP contribution in [0.1, 0.15) is 24.0 Å². The van der Waals surface area contributed by atoms with Gasteiger partial charge in [0.2, 0.25) is 5.91 Å². The van der Waals surface area contributed by atoms with Gasteiger partial charge in [-0.2, -0.15) is 13.2 Å². The van der Waals surface area contributed by atoms with Gasteiger partial charge >= 0.3 is 12.1 Å². The molecule has 2 amide bonds. The van der Waals surface area contributed by atoms with E-state index in [4.69, 9.17) is 9.90 Å². The molecule has 4 atom stereocenters. The maximum atomic E-state index is 12.9. The van der Waals surface area contributed by atoms with Gasteiger partial charge in [-0.05, 0) is 61.3 Å². The highest BCUT2D eigenvalue weighted by Crippen LogP contribution is 2.45. The number of anilines is 1. The van der Waals surface area contributed by atoms with Crippen molar-refractivity contribution in [2.45, 2.75) is 43.9 Å². The molecule has 5 rings (SSSR count). The molecular weight excluding hydrogens is 499 g/mol. The maximum absolute atomic E-state index is 12.9. The second-order valence-corrected chi connectivity index (χ2v) is 9.72. The Labute approximate surface area is 218 Å². The number of carbonyl (C=O) groups excluding carboxylic acids is 2. The third kappa shape index (κ3) is 7.00. The number of alkyl halides is 3. The van der Waals surface area contributed by atoms with Crippen LogP contribution >= 0.6 is 0 Å². The van der Waals surface area contributed by atoms with E-state index in [0.717, 1.165) is 37.9 Å². The molecule has 0 bridgehead atoms. The van der Waals surface area contributed by atoms with Crippen molar-refractivity contribution in [3.8, 4) is 0 Å². The van der Waals surface area contributed by atoms with Crippen LogP contribution in [0.3, 0.4) is 0 Å². The lowest BCUT2D eigenvalue weighted by molar-refractivity contribution is -0.192. The lowest BCUT2D eigenvalue weighted by atomic mass is 10.0. The molecule has 1 saturated heterocycles. The van der Waals surface area contributed by atoms with E-state index in [1.54, 1.807) is 6.08 Å². The number of carboxylic acids is 1. The Morgan fingerprint density at radius 1 is 1.11 bits per heavy atom. The molecule has 2 aromatic rings. The minimum Gasteiger partial charge on any atom is -0.475 e. The summed E-state index contributed by atoms with van der Waals surface area (Å²) in [6.07, 6.45) is 2.09. The van der Waals surface area contributed by atoms with Crippen molar-refractivity contribution in [3.05, 3.63) is 77.9 Å². The SMILES string of the molecule is O=C(N[C@H](/C=C/C(=O)N1CCc2ccccc21)CCc1ccccc1)[C@@H]1NC[C@@H]2C[C@@H]21.O=C(O)C(F)(F)F. The van der Waals surface area contributed by atoms with E-state index in [2.05, 4.69) is 28.8 Å². The van der Waals surface area contributed by atoms with Gasteiger partial charge in [0.15, 0.2) is 0 Å². The smallest absolute Gasteiger partial charge is 0.475 e. The van der Waals surface area contributed by atoms with Gasteiger partial charge in [0.1, 0.15) is 0 Å². The van der Waals surface area contributed by atoms with Crippen molar-refractivity contribution in [1.29, 1.82) is 0 Å². The number of aliphatic carboxylic acids is 1. The Bertz CT molecular complexity index is 1190. The topological polar surface area (TPSA) is 98.7 Å². The monoisotopic (exact) mass is 529 g/mol. The summed E-state index contributed by atoms with van der Waals surface area (Å²) in [7, 11) is 0. The van der Waals surface area contributed by atoms with Crippen LogP contribution in [0.4, 0.5) is 18.9 Å². The summed E-state index contributed by atoms with van der Waals surface area (Å²) in [5.74, 6) is -1.56. The number of nitrogens with zero attached hydrogens (tertiary/aromatic N) is 1. The Kier molecular flexibility index (Phi) is 8.51. The van der Waals surface area contributed by atoms with Crippen LogP contribution in [-0.2, 0) is 27.2 Å². The molecule has 0 radical (unpaired) electrons. The van der Waals surface area contributed by atoms with Gasteiger partial charge in [0, 0.05) is 24.4 Å². The first-order valence-electron chi connectivity index (χ1n) is 12.6. The molecule has 1 aliphatic carbocycles. The largest absolute Gasteiger partial charge is 0.490 e. The summed E-state index contributed by atoms with van der Waals surface area (Å²) < 4.78 is 31.7. The number of para-hydroxylation sites is 1. The van der Waals surface area contributed by atoms with Crippen LogP contribution in [0.15, 0.2) is 66.7 Å². The minimum atomic E-state index is -5.08. The van der Waals surface area contributed by atoms with E-state index in [0.29, 0.717) is 18.4 Å². The first kappa shape index (κ1) is 27.4. The Hall–Kier alpha value is -3.66. The van der Waals surface area contributed by atoms with Gasteiger partial charge in [0.25, 0.3) is 5.91 Å². The first-order chi connectivity index (χ1) is 18.1. The molecule has 7 nitrogen and oxygen atoms in total. The standard InChI is InChI=1S/C26H29N3O2.C2HF3O2/c30-24(29-15-14-19-8-4-5-9-23(19)29)13-12-21(11-10-18-6-2-1-3-7-18)28-26(31)25-22-16-20(22)17-27-25;3-2(4,5)1(6)7/h1-9,12-13,20-22,25,27H,10-11,14-17H2,(H,28,31);(H,6,7)/b13-12+;/t20-,21-,22-,25+;/m0./s1. The third-order valence-electron chi connectivity index (χ3n) is 7.07. The van der Waals surface area contributed by atoms with Crippen molar-refractivity contribution in [1.82, 2.24) is 10.6 Å². The number of aryl methyl sites for hydroxylation is 1. The summed E-state index contributed by atoms with van der Waals surface area (Å²) in [5, 5.41) is 13.7. The van der Waals surface area contributed by atoms with Gasteiger partial charge < -0.3 is 20.6 Å². The molecule has 10 heteroatoms. The maximum Gasteiger partial charge on any atom is 0.490 e. The third-order valence-corrected chi connectivity index (χ3v) is 7.07. The number of hydrogen-bond donors (Lipinski definition) is 3. The van der Waals surface area contributed by atoms with Crippen LogP contribution in [-0.4, -0.2) is 54.2 Å². The van der Waals surface area contributed by atoms with Gasteiger partial charge in [0.05, 0.1) is 6.04 Å². The molecule has 2 aromatic carbocycles. The fourth-order valence-corrected chi connectivity index (χ4v) is 4.94. The molecule has 3 aliphatic rings. The zero-order valence-electron chi connectivity index (χ0n) is 20.7. The van der Waals surface area contributed by atoms with Gasteiger partial charge in [-0.3, -0.25) is 9.59 Å². The molecule has 38 heavy (non-hydrogen) atoms. The van der Waals surface area contributed by atoms with Crippen molar-refractivity contribution in [2.24, 2.45) is 11.8 Å². The van der Waals surface area contributed by atoms with E-state index in [-0.39, 0.29) is 23.9 Å². The molecule has 0 aromatic heterocycles. The first-order valence-corrected chi connectivity index (χ1v) is 12.6. The number of carbonyl (C=O) groups is 3. The molecular formula is C28H30F3N3O4. The molecule has 1 saturated carbocycles. The van der Waals surface area contributed by atoms with Crippen molar-refractivity contribution < 1.29 is 32.7 Å². The number of benzene rings is 2. The number of hydrogen-bond acceptors (Lipinski definition) is 4. The predicted octanol–water partition coefficient (Wildman–Crippen LogP) is 3.49. The van der Waals surface area contributed by atoms with E-state index in [1.807, 2.05) is 47.4 Å². The Morgan fingerprint density at radius 3 is 2.42 bits per heavy atom. The van der Waals surface area contributed by atoms with Gasteiger partial charge in [-0.15, -0.1) is 0 Å². The van der Waals surface area contributed by atoms with Crippen LogP contribution < -0.4 is 15.5 Å². The second-order valence-electron chi connectivity index (χ2n) is 9.72. The highest BCUT2D eigenvalue weighted by Gasteiger charge is 2.51. The lowest BCUT2D eigenvalue weighted by Gasteiger charge is -2.20. The number of carboxylic acid groups (broad SMARTS) is 1. The number of piperidine rings is 1. The van der Waals surface area contributed by atoms with E-state index in [1.165, 1.54) is 11.1 Å². The normalized spacial score (nSPS) is 22.2. The number of fused-ring (bicyclic) bond motifs is 2. The van der Waals surface area contributed by atoms with Crippen molar-refractivity contribution in [2.75, 3.05) is 18.0 Å². The number of rotatable bonds is 7. The van der Waals surface area contributed by atoms with Crippen molar-refractivity contribution in [3.63, 3.8) is 0 Å². The summed E-state index contributed by atoms with van der Waals surface area (Å²) in [5.41, 5.74) is 3.44. The van der Waals surface area contributed by atoms with Crippen LogP contribution in [0.5, 0.6) is 0 Å². The number of amides is 2. The van der Waals surface area contributed by atoms with Crippen LogP contribution in [0.25, 0.3) is 0 Å². The number of halogens is 3. The average molecular weight is 530 g/mol. The van der Waals surface area contributed by atoms with E-state index >= 15 is 0 Å². The Balaban J connectivity index is 0.000000426. The zero-order valence-corrected chi connectivity index (χ0v) is 20.7. The van der Waals surface area contributed by atoms with Gasteiger partial charge in [-0.1, -0.05) is 54.6 Å². The second kappa shape index (κ2) is 11.8. The van der Waals surface area contributed by atoms with Gasteiger partial charge in [-0.25, -0.2) is 4.79 Å². The number of nitrogens with one attached hydrogen (secondary N) is 2. The molecule has 0 spiro atoms. The molecule has 3 N–H and O–H groups in total. The lowest BCUT2D eigenvalue weighted by Crippen LogP contribution is -2.46. The Morgan fingerprint density at radius 2 is 1.79 bits per heavy atom. The molecule has 2 aliphatic heterocycles. The van der Waals surface area contributed by atoms with Crippen LogP contribution in [0.2, 0.25) is 0 Å². The zero-order chi connectivity index (χ0) is 27.3. The molecule has 2 heterocycles. The summed E-state index contributed by atoms with van der Waals surface area (Å²) in [6, 6.07) is 18.1.